The number of aromatic nitrogens is 1. The summed E-state index contributed by atoms with van der Waals surface area (Å²) in [5.41, 5.74) is 2.48. The van der Waals surface area contributed by atoms with Crippen LogP contribution in [0.15, 0.2) is 18.2 Å². The second kappa shape index (κ2) is 5.90. The van der Waals surface area contributed by atoms with Gasteiger partial charge < -0.3 is 15.0 Å². The van der Waals surface area contributed by atoms with Crippen molar-refractivity contribution < 1.29 is 4.74 Å². The third-order valence-corrected chi connectivity index (χ3v) is 5.72. The van der Waals surface area contributed by atoms with Crippen LogP contribution >= 0.6 is 22.9 Å². The van der Waals surface area contributed by atoms with Gasteiger partial charge in [0.1, 0.15) is 11.5 Å². The zero-order valence-corrected chi connectivity index (χ0v) is 15.8. The molecule has 2 aromatic rings. The van der Waals surface area contributed by atoms with Crippen molar-refractivity contribution in [1.82, 2.24) is 10.3 Å². The maximum atomic E-state index is 6.10. The highest BCUT2D eigenvalue weighted by Gasteiger charge is 2.30. The molecule has 6 heteroatoms. The quantitative estimate of drug-likeness (QED) is 0.862. The highest BCUT2D eigenvalue weighted by Crippen LogP contribution is 2.45. The number of thiazole rings is 1. The number of halogens is 1. The molecule has 2 aliphatic heterocycles. The van der Waals surface area contributed by atoms with E-state index in [-0.39, 0.29) is 5.54 Å². The van der Waals surface area contributed by atoms with Gasteiger partial charge in [0.15, 0.2) is 5.13 Å². The van der Waals surface area contributed by atoms with Gasteiger partial charge in [0.05, 0.1) is 0 Å². The first-order chi connectivity index (χ1) is 11.4. The monoisotopic (exact) mass is 363 g/mol. The van der Waals surface area contributed by atoms with E-state index in [1.165, 1.54) is 5.56 Å². The van der Waals surface area contributed by atoms with Gasteiger partial charge in [-0.3, -0.25) is 0 Å². The molecule has 1 saturated heterocycles. The summed E-state index contributed by atoms with van der Waals surface area (Å²) in [5, 5.41) is 5.50. The largest absolute Gasteiger partial charge is 0.472 e. The van der Waals surface area contributed by atoms with Crippen molar-refractivity contribution >= 4 is 28.1 Å². The lowest BCUT2D eigenvalue weighted by molar-refractivity contribution is 0.292. The highest BCUT2D eigenvalue weighted by molar-refractivity contribution is 7.19. The average Bonchev–Trinajstić information content (AvgIpc) is 3.11. The van der Waals surface area contributed by atoms with Crippen LogP contribution in [0, 0.1) is 0 Å². The number of nitrogens with zero attached hydrogens (tertiary/aromatic N) is 2. The zero-order chi connectivity index (χ0) is 16.9. The molecule has 1 atom stereocenters. The molecule has 1 unspecified atom stereocenters. The maximum Gasteiger partial charge on any atom is 0.234 e. The first-order valence-electron chi connectivity index (χ1n) is 8.34. The molecule has 1 aromatic heterocycles. The number of anilines is 1. The maximum absolute atomic E-state index is 6.10. The van der Waals surface area contributed by atoms with Gasteiger partial charge in [-0.05, 0) is 44.9 Å². The molecule has 0 bridgehead atoms. The molecule has 1 aromatic carbocycles. The fraction of sp³-hybridized carbons (Fsp3) is 0.500. The number of benzene rings is 1. The van der Waals surface area contributed by atoms with Crippen LogP contribution in [0.1, 0.15) is 32.8 Å². The van der Waals surface area contributed by atoms with Crippen molar-refractivity contribution in [3.05, 3.63) is 28.8 Å². The molecule has 3 heterocycles. The summed E-state index contributed by atoms with van der Waals surface area (Å²) in [6.45, 7) is 9.22. The van der Waals surface area contributed by atoms with Crippen molar-refractivity contribution in [2.75, 3.05) is 18.0 Å². The van der Waals surface area contributed by atoms with Gasteiger partial charge in [0.25, 0.3) is 0 Å². The van der Waals surface area contributed by atoms with E-state index in [1.54, 1.807) is 11.3 Å². The number of hydrogen-bond acceptors (Lipinski definition) is 5. The van der Waals surface area contributed by atoms with E-state index < -0.39 is 0 Å². The Kier molecular flexibility index (Phi) is 3.98. The summed E-state index contributed by atoms with van der Waals surface area (Å²) in [7, 11) is 0. The van der Waals surface area contributed by atoms with Crippen LogP contribution in [0.25, 0.3) is 10.4 Å². The van der Waals surface area contributed by atoms with Gasteiger partial charge in [-0.25, -0.2) is 0 Å². The molecule has 0 radical (unpaired) electrons. The first-order valence-corrected chi connectivity index (χ1v) is 9.53. The van der Waals surface area contributed by atoms with Gasteiger partial charge in [-0.1, -0.05) is 29.0 Å². The SMILES string of the molecule is CC(C)(C)NC1CCN(c2nc3c(s2)-c2ccc(Cl)cc2CO3)C1. The van der Waals surface area contributed by atoms with E-state index in [9.17, 15) is 0 Å². The molecule has 0 aliphatic carbocycles. The first kappa shape index (κ1) is 16.2. The lowest BCUT2D eigenvalue weighted by Crippen LogP contribution is -2.44. The number of ether oxygens (including phenoxy) is 1. The van der Waals surface area contributed by atoms with Crippen LogP contribution in [0.3, 0.4) is 0 Å². The molecule has 24 heavy (non-hydrogen) atoms. The van der Waals surface area contributed by atoms with Crippen LogP contribution < -0.4 is 15.0 Å². The van der Waals surface area contributed by atoms with Crippen molar-refractivity contribution in [2.24, 2.45) is 0 Å². The van der Waals surface area contributed by atoms with Gasteiger partial charge >= 0.3 is 0 Å². The molecule has 0 saturated carbocycles. The number of hydrogen-bond donors (Lipinski definition) is 1. The fourth-order valence-electron chi connectivity index (χ4n) is 3.41. The number of rotatable bonds is 2. The van der Waals surface area contributed by atoms with Crippen LogP contribution in [0.5, 0.6) is 5.88 Å². The Bertz CT molecular complexity index is 768. The van der Waals surface area contributed by atoms with Crippen LogP contribution in [0.4, 0.5) is 5.13 Å². The molecule has 1 fully saturated rings. The topological polar surface area (TPSA) is 37.4 Å². The smallest absolute Gasteiger partial charge is 0.234 e. The zero-order valence-electron chi connectivity index (χ0n) is 14.2. The Morgan fingerprint density at radius 1 is 1.38 bits per heavy atom. The standard InChI is InChI=1S/C18H22ClN3OS/c1-18(2,3)21-13-6-7-22(9-13)17-20-16-15(24-17)14-5-4-12(19)8-11(14)10-23-16/h4-5,8,13,21H,6-7,9-10H2,1-3H3. The van der Waals surface area contributed by atoms with E-state index in [2.05, 4.69) is 37.1 Å². The van der Waals surface area contributed by atoms with Gasteiger partial charge in [-0.15, -0.1) is 0 Å². The lowest BCUT2D eigenvalue weighted by atomic mass is 10.1. The van der Waals surface area contributed by atoms with Crippen LogP contribution in [-0.2, 0) is 6.61 Å². The summed E-state index contributed by atoms with van der Waals surface area (Å²) in [5.74, 6) is 0.761. The fourth-order valence-corrected chi connectivity index (χ4v) is 4.71. The van der Waals surface area contributed by atoms with E-state index in [0.717, 1.165) is 46.0 Å². The van der Waals surface area contributed by atoms with Gasteiger partial charge in [0.2, 0.25) is 5.88 Å². The summed E-state index contributed by atoms with van der Waals surface area (Å²) < 4.78 is 5.85. The van der Waals surface area contributed by atoms with Gasteiger partial charge in [-0.2, -0.15) is 4.98 Å². The third kappa shape index (κ3) is 3.13. The predicted octanol–water partition coefficient (Wildman–Crippen LogP) is 4.32. The molecule has 4 rings (SSSR count). The third-order valence-electron chi connectivity index (χ3n) is 4.36. The molecule has 4 nitrogen and oxygen atoms in total. The Hall–Kier alpha value is -1.30. The molecular weight excluding hydrogens is 342 g/mol. The molecule has 1 N–H and O–H groups in total. The van der Waals surface area contributed by atoms with E-state index in [0.29, 0.717) is 12.6 Å². The Balaban J connectivity index is 1.57. The van der Waals surface area contributed by atoms with E-state index in [4.69, 9.17) is 21.3 Å². The molecular formula is C18H22ClN3OS. The number of nitrogens with one attached hydrogen (secondary N) is 1. The van der Waals surface area contributed by atoms with Crippen molar-refractivity contribution in [3.8, 4) is 16.3 Å². The van der Waals surface area contributed by atoms with Crippen LogP contribution in [0.2, 0.25) is 5.02 Å². The van der Waals surface area contributed by atoms with Crippen LogP contribution in [-0.4, -0.2) is 29.7 Å². The summed E-state index contributed by atoms with van der Waals surface area (Å²) in [4.78, 5) is 8.23. The summed E-state index contributed by atoms with van der Waals surface area (Å²) in [6.07, 6.45) is 1.15. The second-order valence-electron chi connectivity index (χ2n) is 7.55. The minimum absolute atomic E-state index is 0.143. The Morgan fingerprint density at radius 3 is 3.00 bits per heavy atom. The lowest BCUT2D eigenvalue weighted by Gasteiger charge is -2.25. The minimum atomic E-state index is 0.143. The van der Waals surface area contributed by atoms with Crippen molar-refractivity contribution in [2.45, 2.75) is 45.4 Å². The van der Waals surface area contributed by atoms with E-state index in [1.807, 2.05) is 12.1 Å². The Morgan fingerprint density at radius 2 is 2.21 bits per heavy atom. The predicted molar refractivity (Wildman–Crippen MR) is 100 cm³/mol. The van der Waals surface area contributed by atoms with Crippen molar-refractivity contribution in [1.29, 1.82) is 0 Å². The molecule has 0 spiro atoms. The average molecular weight is 364 g/mol. The second-order valence-corrected chi connectivity index (χ2v) is 8.96. The van der Waals surface area contributed by atoms with Gasteiger partial charge in [0, 0.05) is 35.3 Å². The Labute approximate surface area is 151 Å². The number of fused-ring (bicyclic) bond motifs is 3. The van der Waals surface area contributed by atoms with Crippen molar-refractivity contribution in [3.63, 3.8) is 0 Å². The minimum Gasteiger partial charge on any atom is -0.472 e. The molecule has 2 aliphatic rings. The summed E-state index contributed by atoms with van der Waals surface area (Å²) in [6, 6.07) is 6.51. The highest BCUT2D eigenvalue weighted by atomic mass is 35.5. The summed E-state index contributed by atoms with van der Waals surface area (Å²) >= 11 is 7.82. The molecule has 0 amide bonds. The van der Waals surface area contributed by atoms with E-state index >= 15 is 0 Å². The normalized spacial score (nSPS) is 19.8. The molecule has 128 valence electrons.